The molecule has 0 radical (unpaired) electrons. The van der Waals surface area contributed by atoms with Gasteiger partial charge in [-0.2, -0.15) is 0 Å². The van der Waals surface area contributed by atoms with E-state index in [0.717, 1.165) is 0 Å². The van der Waals surface area contributed by atoms with E-state index in [4.69, 9.17) is 9.15 Å². The number of Topliss-reactive ketones (excluding diaryl/α,β-unsaturated/α-hetero) is 1. The van der Waals surface area contributed by atoms with Crippen molar-refractivity contribution in [1.29, 1.82) is 0 Å². The number of aryl methyl sites for hydroxylation is 2. The van der Waals surface area contributed by atoms with Gasteiger partial charge in [-0.3, -0.25) is 4.79 Å². The molecule has 2 aromatic heterocycles. The number of carbonyl (C=O) groups is 2. The van der Waals surface area contributed by atoms with Crippen LogP contribution in [0, 0.1) is 13.8 Å². The maximum absolute atomic E-state index is 12.3. The number of nitrogens with one attached hydrogen (secondary N) is 1. The molecule has 2 heterocycles. The molecule has 0 unspecified atom stereocenters. The van der Waals surface area contributed by atoms with Gasteiger partial charge in [-0.15, -0.1) is 10.2 Å². The number of nitrogens with zero attached hydrogens (tertiary/aromatic N) is 2. The molecule has 7 heteroatoms. The highest BCUT2D eigenvalue weighted by molar-refractivity contribution is 6.01. The summed E-state index contributed by atoms with van der Waals surface area (Å²) in [5, 5.41) is 7.53. The molecule has 0 aliphatic heterocycles. The lowest BCUT2D eigenvalue weighted by molar-refractivity contribution is 0.0269. The normalized spacial score (nSPS) is 12.2. The van der Waals surface area contributed by atoms with E-state index in [9.17, 15) is 9.59 Å². The number of hydrogen-bond acceptors (Lipinski definition) is 6. The van der Waals surface area contributed by atoms with Gasteiger partial charge < -0.3 is 14.1 Å². The Labute approximate surface area is 128 Å². The number of H-pyrrole nitrogens is 1. The third kappa shape index (κ3) is 2.93. The van der Waals surface area contributed by atoms with Crippen LogP contribution in [-0.4, -0.2) is 26.9 Å². The fourth-order valence-corrected chi connectivity index (χ4v) is 2.43. The van der Waals surface area contributed by atoms with Gasteiger partial charge in [0.2, 0.25) is 5.89 Å². The van der Waals surface area contributed by atoms with E-state index in [1.54, 1.807) is 20.8 Å². The Balaban J connectivity index is 2.26. The van der Waals surface area contributed by atoms with E-state index in [2.05, 4.69) is 15.2 Å². The van der Waals surface area contributed by atoms with Crippen molar-refractivity contribution in [1.82, 2.24) is 15.2 Å². The van der Waals surface area contributed by atoms with Gasteiger partial charge in [0, 0.05) is 18.2 Å². The zero-order valence-corrected chi connectivity index (χ0v) is 13.3. The average molecular weight is 305 g/mol. The molecule has 1 N–H and O–H groups in total. The van der Waals surface area contributed by atoms with Gasteiger partial charge in [-0.25, -0.2) is 4.79 Å². The van der Waals surface area contributed by atoms with E-state index < -0.39 is 12.1 Å². The zero-order chi connectivity index (χ0) is 16.4. The fraction of sp³-hybridized carbons (Fsp3) is 0.467. The molecule has 0 bridgehead atoms. The van der Waals surface area contributed by atoms with Crippen molar-refractivity contribution in [3.63, 3.8) is 0 Å². The largest absolute Gasteiger partial charge is 0.448 e. The fourth-order valence-electron chi connectivity index (χ4n) is 2.43. The Hall–Kier alpha value is -2.44. The maximum atomic E-state index is 12.3. The molecular weight excluding hydrogens is 286 g/mol. The van der Waals surface area contributed by atoms with Crippen LogP contribution in [0.2, 0.25) is 0 Å². The Morgan fingerprint density at radius 1 is 1.32 bits per heavy atom. The summed E-state index contributed by atoms with van der Waals surface area (Å²) in [5.41, 5.74) is 2.19. The minimum atomic E-state index is -0.664. The number of carbonyl (C=O) groups excluding carboxylic acids is 2. The summed E-state index contributed by atoms with van der Waals surface area (Å²) in [6.07, 6.45) is -0.111. The molecule has 118 valence electrons. The van der Waals surface area contributed by atoms with Gasteiger partial charge in [0.25, 0.3) is 5.89 Å². The first kappa shape index (κ1) is 15.9. The molecule has 0 aromatic carbocycles. The summed E-state index contributed by atoms with van der Waals surface area (Å²) in [6, 6.07) is 0. The third-order valence-electron chi connectivity index (χ3n) is 3.37. The second-order valence-corrected chi connectivity index (χ2v) is 5.10. The molecule has 0 saturated heterocycles. The smallest absolute Gasteiger partial charge is 0.355 e. The highest BCUT2D eigenvalue weighted by Gasteiger charge is 2.25. The molecule has 1 atom stereocenters. The van der Waals surface area contributed by atoms with Crippen LogP contribution in [0.4, 0.5) is 0 Å². The summed E-state index contributed by atoms with van der Waals surface area (Å²) in [6.45, 7) is 8.44. The van der Waals surface area contributed by atoms with E-state index in [0.29, 0.717) is 34.8 Å². The van der Waals surface area contributed by atoms with Crippen molar-refractivity contribution in [2.45, 2.75) is 47.1 Å². The van der Waals surface area contributed by atoms with Crippen molar-refractivity contribution >= 4 is 11.8 Å². The number of hydrogen-bond donors (Lipinski definition) is 1. The van der Waals surface area contributed by atoms with Crippen molar-refractivity contribution in [3.8, 4) is 0 Å². The van der Waals surface area contributed by atoms with Gasteiger partial charge in [0.05, 0.1) is 0 Å². The number of rotatable bonds is 5. The van der Waals surface area contributed by atoms with E-state index >= 15 is 0 Å². The molecule has 0 aliphatic carbocycles. The highest BCUT2D eigenvalue weighted by Crippen LogP contribution is 2.23. The van der Waals surface area contributed by atoms with Crippen LogP contribution in [-0.2, 0) is 11.2 Å². The molecule has 22 heavy (non-hydrogen) atoms. The summed E-state index contributed by atoms with van der Waals surface area (Å²) in [4.78, 5) is 27.0. The third-order valence-corrected chi connectivity index (χ3v) is 3.37. The Bertz CT molecular complexity index is 714. The monoisotopic (exact) mass is 305 g/mol. The zero-order valence-electron chi connectivity index (χ0n) is 13.3. The van der Waals surface area contributed by atoms with Crippen LogP contribution in [0.15, 0.2) is 4.42 Å². The van der Waals surface area contributed by atoms with Crippen molar-refractivity contribution in [2.24, 2.45) is 0 Å². The predicted octanol–water partition coefficient (Wildman–Crippen LogP) is 2.70. The van der Waals surface area contributed by atoms with Crippen molar-refractivity contribution in [2.75, 3.05) is 0 Å². The minimum Gasteiger partial charge on any atom is -0.448 e. The molecule has 0 spiro atoms. The summed E-state index contributed by atoms with van der Waals surface area (Å²) < 4.78 is 10.6. The molecule has 7 nitrogen and oxygen atoms in total. The number of ketones is 1. The SMILES string of the molecule is CCc1c(C(=O)O[C@@H](C)c2nnc(C)o2)[nH]c(C)c1C(C)=O. The van der Waals surface area contributed by atoms with Crippen LogP contribution in [0.25, 0.3) is 0 Å². The van der Waals surface area contributed by atoms with Crippen LogP contribution < -0.4 is 0 Å². The van der Waals surface area contributed by atoms with Gasteiger partial charge in [0.1, 0.15) is 5.69 Å². The quantitative estimate of drug-likeness (QED) is 0.673. The molecule has 0 fully saturated rings. The van der Waals surface area contributed by atoms with E-state index in [1.165, 1.54) is 6.92 Å². The summed E-state index contributed by atoms with van der Waals surface area (Å²) in [5.74, 6) is 0.0155. The van der Waals surface area contributed by atoms with Crippen molar-refractivity contribution < 1.29 is 18.7 Å². The van der Waals surface area contributed by atoms with Crippen LogP contribution in [0.5, 0.6) is 0 Å². The second-order valence-electron chi connectivity index (χ2n) is 5.10. The van der Waals surface area contributed by atoms with E-state index in [-0.39, 0.29) is 11.7 Å². The summed E-state index contributed by atoms with van der Waals surface area (Å²) >= 11 is 0. The Kier molecular flexibility index (Phi) is 4.44. The first-order valence-corrected chi connectivity index (χ1v) is 7.08. The van der Waals surface area contributed by atoms with E-state index in [1.807, 2.05) is 6.92 Å². The van der Waals surface area contributed by atoms with Crippen molar-refractivity contribution in [3.05, 3.63) is 34.3 Å². The molecule has 0 amide bonds. The first-order valence-electron chi connectivity index (χ1n) is 7.08. The highest BCUT2D eigenvalue weighted by atomic mass is 16.6. The van der Waals surface area contributed by atoms with Crippen LogP contribution in [0.1, 0.15) is 70.8 Å². The topological polar surface area (TPSA) is 98.1 Å². The first-order chi connectivity index (χ1) is 10.3. The van der Waals surface area contributed by atoms with Crippen LogP contribution >= 0.6 is 0 Å². The van der Waals surface area contributed by atoms with Gasteiger partial charge in [0.15, 0.2) is 11.9 Å². The Morgan fingerprint density at radius 3 is 2.50 bits per heavy atom. The minimum absolute atomic E-state index is 0.0785. The maximum Gasteiger partial charge on any atom is 0.355 e. The molecule has 2 aromatic rings. The summed E-state index contributed by atoms with van der Waals surface area (Å²) in [7, 11) is 0. The lowest BCUT2D eigenvalue weighted by Gasteiger charge is -2.09. The number of aromatic nitrogens is 3. The van der Waals surface area contributed by atoms with Crippen LogP contribution in [0.3, 0.4) is 0 Å². The second kappa shape index (κ2) is 6.13. The Morgan fingerprint density at radius 2 is 2.00 bits per heavy atom. The van der Waals surface area contributed by atoms with Gasteiger partial charge in [-0.1, -0.05) is 6.92 Å². The molecule has 0 saturated carbocycles. The van der Waals surface area contributed by atoms with Gasteiger partial charge >= 0.3 is 5.97 Å². The molecule has 0 aliphatic rings. The lowest BCUT2D eigenvalue weighted by Crippen LogP contribution is -2.12. The number of ether oxygens (including phenoxy) is 1. The standard InChI is InChI=1S/C15H19N3O4/c1-6-11-12(8(3)19)7(2)16-13(11)15(20)21-9(4)14-18-17-10(5)22-14/h9,16H,6H2,1-5H3/t9-/m0/s1. The number of aromatic amines is 1. The molecular formula is C15H19N3O4. The molecule has 2 rings (SSSR count). The number of esters is 1. The average Bonchev–Trinajstić information content (AvgIpc) is 3.01. The predicted molar refractivity (Wildman–Crippen MR) is 77.8 cm³/mol. The van der Waals surface area contributed by atoms with Gasteiger partial charge in [-0.05, 0) is 32.8 Å². The lowest BCUT2D eigenvalue weighted by atomic mass is 10.0.